The Bertz CT molecular complexity index is 355. The van der Waals surface area contributed by atoms with Crippen LogP contribution in [0.25, 0.3) is 0 Å². The molecule has 4 heteroatoms. The van der Waals surface area contributed by atoms with E-state index < -0.39 is 0 Å². The largest absolute Gasteiger partial charge is 0.497 e. The van der Waals surface area contributed by atoms with Crippen LogP contribution >= 0.6 is 0 Å². The Hall–Kier alpha value is -1.26. The molecule has 0 heterocycles. The molecule has 0 saturated carbocycles. The van der Waals surface area contributed by atoms with E-state index in [9.17, 15) is 0 Å². The fourth-order valence-electron chi connectivity index (χ4n) is 1.72. The molecule has 0 bridgehead atoms. The molecule has 0 aromatic heterocycles. The van der Waals surface area contributed by atoms with Gasteiger partial charge in [0.15, 0.2) is 0 Å². The Morgan fingerprint density at radius 2 is 1.84 bits per heavy atom. The Labute approximate surface area is 116 Å². The van der Waals surface area contributed by atoms with Gasteiger partial charge in [-0.2, -0.15) is 0 Å². The predicted molar refractivity (Wildman–Crippen MR) is 77.0 cm³/mol. The van der Waals surface area contributed by atoms with Gasteiger partial charge in [0.1, 0.15) is 17.6 Å². The smallest absolute Gasteiger partial charge is 0.134 e. The van der Waals surface area contributed by atoms with E-state index in [-0.39, 0.29) is 6.10 Å². The summed E-state index contributed by atoms with van der Waals surface area (Å²) in [5, 5.41) is 3.38. The van der Waals surface area contributed by atoms with Crippen LogP contribution in [0.2, 0.25) is 0 Å². The van der Waals surface area contributed by atoms with E-state index in [4.69, 9.17) is 14.2 Å². The number of rotatable bonds is 9. The molecule has 1 N–H and O–H groups in total. The SMILES string of the molecule is COCC(CNCC(C)C)Oc1cccc(OC)c1. The first-order valence-electron chi connectivity index (χ1n) is 6.66. The van der Waals surface area contributed by atoms with E-state index in [1.807, 2.05) is 24.3 Å². The van der Waals surface area contributed by atoms with Crippen LogP contribution in [0, 0.1) is 5.92 Å². The molecule has 1 atom stereocenters. The average Bonchev–Trinajstić information content (AvgIpc) is 2.38. The lowest BCUT2D eigenvalue weighted by atomic mass is 10.2. The Balaban J connectivity index is 2.51. The molecule has 0 aliphatic heterocycles. The molecule has 108 valence electrons. The second-order valence-corrected chi connectivity index (χ2v) is 4.93. The van der Waals surface area contributed by atoms with Crippen molar-refractivity contribution in [2.45, 2.75) is 20.0 Å². The van der Waals surface area contributed by atoms with Crippen LogP contribution in [0.3, 0.4) is 0 Å². The van der Waals surface area contributed by atoms with E-state index in [1.54, 1.807) is 14.2 Å². The maximum Gasteiger partial charge on any atom is 0.134 e. The van der Waals surface area contributed by atoms with Gasteiger partial charge in [0.05, 0.1) is 13.7 Å². The molecule has 0 spiro atoms. The van der Waals surface area contributed by atoms with Crippen molar-refractivity contribution in [1.82, 2.24) is 5.32 Å². The number of methoxy groups -OCH3 is 2. The minimum atomic E-state index is -0.00384. The second-order valence-electron chi connectivity index (χ2n) is 4.93. The molecule has 0 aliphatic rings. The van der Waals surface area contributed by atoms with Crippen LogP contribution in [-0.4, -0.2) is 40.0 Å². The zero-order valence-electron chi connectivity index (χ0n) is 12.3. The molecule has 0 saturated heterocycles. The van der Waals surface area contributed by atoms with Gasteiger partial charge < -0.3 is 19.5 Å². The van der Waals surface area contributed by atoms with E-state index >= 15 is 0 Å². The lowest BCUT2D eigenvalue weighted by molar-refractivity contribution is 0.0801. The molecule has 0 aliphatic carbocycles. The number of hydrogen-bond acceptors (Lipinski definition) is 4. The number of benzene rings is 1. The molecule has 19 heavy (non-hydrogen) atoms. The fourth-order valence-corrected chi connectivity index (χ4v) is 1.72. The molecule has 0 fully saturated rings. The summed E-state index contributed by atoms with van der Waals surface area (Å²) in [4.78, 5) is 0. The Kier molecular flexibility index (Phi) is 7.30. The molecule has 4 nitrogen and oxygen atoms in total. The van der Waals surface area contributed by atoms with Crippen molar-refractivity contribution < 1.29 is 14.2 Å². The van der Waals surface area contributed by atoms with Gasteiger partial charge in [0.2, 0.25) is 0 Å². The molecule has 1 rings (SSSR count). The monoisotopic (exact) mass is 267 g/mol. The number of ether oxygens (including phenoxy) is 3. The first-order valence-corrected chi connectivity index (χ1v) is 6.66. The van der Waals surface area contributed by atoms with Crippen LogP contribution < -0.4 is 14.8 Å². The highest BCUT2D eigenvalue weighted by Gasteiger charge is 2.10. The molecule has 1 aromatic carbocycles. The first kappa shape index (κ1) is 15.8. The first-order chi connectivity index (χ1) is 9.15. The highest BCUT2D eigenvalue weighted by Crippen LogP contribution is 2.19. The van der Waals surface area contributed by atoms with Crippen molar-refractivity contribution in [3.05, 3.63) is 24.3 Å². The minimum absolute atomic E-state index is 0.00384. The summed E-state index contributed by atoms with van der Waals surface area (Å²) in [6.45, 7) is 6.66. The summed E-state index contributed by atoms with van der Waals surface area (Å²) in [7, 11) is 3.33. The van der Waals surface area contributed by atoms with E-state index in [2.05, 4.69) is 19.2 Å². The fraction of sp³-hybridized carbons (Fsp3) is 0.600. The van der Waals surface area contributed by atoms with Crippen molar-refractivity contribution in [2.75, 3.05) is 33.9 Å². The Morgan fingerprint density at radius 1 is 1.11 bits per heavy atom. The third-order valence-corrected chi connectivity index (χ3v) is 2.62. The third-order valence-electron chi connectivity index (χ3n) is 2.62. The van der Waals surface area contributed by atoms with Crippen molar-refractivity contribution in [1.29, 1.82) is 0 Å². The van der Waals surface area contributed by atoms with Gasteiger partial charge in [-0.25, -0.2) is 0 Å². The van der Waals surface area contributed by atoms with Crippen LogP contribution in [-0.2, 0) is 4.74 Å². The third kappa shape index (κ3) is 6.45. The summed E-state index contributed by atoms with van der Waals surface area (Å²) in [6, 6.07) is 7.62. The van der Waals surface area contributed by atoms with Gasteiger partial charge in [0, 0.05) is 19.7 Å². The van der Waals surface area contributed by atoms with Crippen LogP contribution in [0.4, 0.5) is 0 Å². The van der Waals surface area contributed by atoms with E-state index in [0.717, 1.165) is 24.6 Å². The summed E-state index contributed by atoms with van der Waals surface area (Å²) < 4.78 is 16.3. The lowest BCUT2D eigenvalue weighted by Gasteiger charge is -2.20. The summed E-state index contributed by atoms with van der Waals surface area (Å²) in [5.41, 5.74) is 0. The summed E-state index contributed by atoms with van der Waals surface area (Å²) >= 11 is 0. The zero-order chi connectivity index (χ0) is 14.1. The van der Waals surface area contributed by atoms with Gasteiger partial charge in [-0.1, -0.05) is 19.9 Å². The zero-order valence-corrected chi connectivity index (χ0v) is 12.3. The molecule has 1 aromatic rings. The predicted octanol–water partition coefficient (Wildman–Crippen LogP) is 2.33. The minimum Gasteiger partial charge on any atom is -0.497 e. The lowest BCUT2D eigenvalue weighted by Crippen LogP contribution is -2.36. The van der Waals surface area contributed by atoms with Gasteiger partial charge in [-0.3, -0.25) is 0 Å². The van der Waals surface area contributed by atoms with E-state index in [0.29, 0.717) is 12.5 Å². The van der Waals surface area contributed by atoms with Crippen molar-refractivity contribution in [2.24, 2.45) is 5.92 Å². The second kappa shape index (κ2) is 8.77. The molecule has 0 amide bonds. The number of hydrogen-bond donors (Lipinski definition) is 1. The number of nitrogens with one attached hydrogen (secondary N) is 1. The van der Waals surface area contributed by atoms with Gasteiger partial charge in [-0.05, 0) is 24.6 Å². The molecular weight excluding hydrogens is 242 g/mol. The van der Waals surface area contributed by atoms with Crippen LogP contribution in [0.1, 0.15) is 13.8 Å². The molecular formula is C15H25NO3. The Morgan fingerprint density at radius 3 is 2.47 bits per heavy atom. The highest BCUT2D eigenvalue weighted by atomic mass is 16.5. The van der Waals surface area contributed by atoms with Gasteiger partial charge in [-0.15, -0.1) is 0 Å². The molecule has 0 radical (unpaired) electrons. The average molecular weight is 267 g/mol. The normalized spacial score (nSPS) is 12.5. The summed E-state index contributed by atoms with van der Waals surface area (Å²) in [6.07, 6.45) is -0.00384. The van der Waals surface area contributed by atoms with Crippen molar-refractivity contribution in [3.63, 3.8) is 0 Å². The van der Waals surface area contributed by atoms with E-state index in [1.165, 1.54) is 0 Å². The van der Waals surface area contributed by atoms with Gasteiger partial charge in [0.25, 0.3) is 0 Å². The molecule has 1 unspecified atom stereocenters. The van der Waals surface area contributed by atoms with Crippen molar-refractivity contribution >= 4 is 0 Å². The topological polar surface area (TPSA) is 39.7 Å². The van der Waals surface area contributed by atoms with Crippen LogP contribution in [0.15, 0.2) is 24.3 Å². The maximum atomic E-state index is 5.91. The van der Waals surface area contributed by atoms with Crippen molar-refractivity contribution in [3.8, 4) is 11.5 Å². The van der Waals surface area contributed by atoms with Crippen LogP contribution in [0.5, 0.6) is 11.5 Å². The quantitative estimate of drug-likeness (QED) is 0.745. The van der Waals surface area contributed by atoms with Gasteiger partial charge >= 0.3 is 0 Å². The summed E-state index contributed by atoms with van der Waals surface area (Å²) in [5.74, 6) is 2.22. The standard InChI is InChI=1S/C15H25NO3/c1-12(2)9-16-10-15(11-17-3)19-14-7-5-6-13(8-14)18-4/h5-8,12,15-16H,9-11H2,1-4H3. The maximum absolute atomic E-state index is 5.91. The highest BCUT2D eigenvalue weighted by molar-refractivity contribution is 5.32.